The Morgan fingerprint density at radius 2 is 2.25 bits per heavy atom. The molecule has 86 valence electrons. The smallest absolute Gasteiger partial charge is 0.107 e. The van der Waals surface area contributed by atoms with E-state index in [1.54, 1.807) is 7.11 Å². The summed E-state index contributed by atoms with van der Waals surface area (Å²) in [6.07, 6.45) is 7.21. The summed E-state index contributed by atoms with van der Waals surface area (Å²) in [7, 11) is 1.57. The Bertz CT molecular complexity index is 325. The minimum absolute atomic E-state index is 0.417. The van der Waals surface area contributed by atoms with Crippen LogP contribution in [0.2, 0.25) is 0 Å². The van der Waals surface area contributed by atoms with Crippen LogP contribution >= 0.6 is 28.4 Å². The van der Waals surface area contributed by atoms with Gasteiger partial charge >= 0.3 is 0 Å². The molecule has 0 aliphatic rings. The van der Waals surface area contributed by atoms with Crippen LogP contribution in [0.25, 0.3) is 0 Å². The highest BCUT2D eigenvalue weighted by atomic mass is 127. The van der Waals surface area contributed by atoms with Crippen LogP contribution in [0, 0.1) is 12.3 Å². The van der Waals surface area contributed by atoms with Gasteiger partial charge in [0, 0.05) is 7.11 Å². The highest BCUT2D eigenvalue weighted by Crippen LogP contribution is 2.13. The third-order valence-corrected chi connectivity index (χ3v) is 2.28. The van der Waals surface area contributed by atoms with E-state index in [0.29, 0.717) is 13.0 Å². The zero-order valence-electron chi connectivity index (χ0n) is 8.98. The number of ether oxygens (including phenoxy) is 1. The SMILES string of the molecule is C#CCOC.IPN/N=C\c1ccccc1. The number of terminal acetylenes is 1. The van der Waals surface area contributed by atoms with E-state index in [-0.39, 0.29) is 0 Å². The summed E-state index contributed by atoms with van der Waals surface area (Å²) in [5, 5.41) is 6.87. The van der Waals surface area contributed by atoms with E-state index in [4.69, 9.17) is 6.42 Å². The van der Waals surface area contributed by atoms with E-state index in [0.717, 1.165) is 5.56 Å². The van der Waals surface area contributed by atoms with Gasteiger partial charge < -0.3 is 4.74 Å². The Kier molecular flexibility index (Phi) is 11.9. The third-order valence-electron chi connectivity index (χ3n) is 1.35. The predicted octanol–water partition coefficient (Wildman–Crippen LogP) is 2.82. The van der Waals surface area contributed by atoms with E-state index >= 15 is 0 Å². The number of hydrogen-bond donors (Lipinski definition) is 1. The second kappa shape index (κ2) is 12.4. The standard InChI is InChI=1S/C7H8IN2P.C4H6O/c8-11-10-9-6-7-4-2-1-3-5-7;1-3-4-5-2/h1-6,10-11H;1H,4H2,2H3/b9-6-;. The van der Waals surface area contributed by atoms with Gasteiger partial charge in [-0.2, -0.15) is 5.10 Å². The van der Waals surface area contributed by atoms with Crippen molar-refractivity contribution in [1.82, 2.24) is 5.20 Å². The normalized spacial score (nSPS) is 9.81. The van der Waals surface area contributed by atoms with Crippen LogP contribution in [0.1, 0.15) is 5.56 Å². The van der Waals surface area contributed by atoms with Crippen molar-refractivity contribution in [2.45, 2.75) is 0 Å². The van der Waals surface area contributed by atoms with E-state index in [1.807, 2.05) is 36.5 Å². The van der Waals surface area contributed by atoms with E-state index < -0.39 is 0 Å². The lowest BCUT2D eigenvalue weighted by atomic mass is 10.2. The van der Waals surface area contributed by atoms with Crippen LogP contribution in [0.15, 0.2) is 35.4 Å². The summed E-state index contributed by atoms with van der Waals surface area (Å²) in [4.78, 5) is 0. The molecule has 16 heavy (non-hydrogen) atoms. The van der Waals surface area contributed by atoms with Crippen LogP contribution in [-0.2, 0) is 4.74 Å². The van der Waals surface area contributed by atoms with Crippen molar-refractivity contribution in [3.8, 4) is 12.3 Å². The van der Waals surface area contributed by atoms with Gasteiger partial charge in [-0.1, -0.05) is 36.3 Å². The zero-order valence-corrected chi connectivity index (χ0v) is 12.1. The maximum atomic E-state index is 4.76. The fourth-order valence-electron chi connectivity index (χ4n) is 0.754. The average Bonchev–Trinajstić information content (AvgIpc) is 2.33. The molecular formula is C11H14IN2OP. The first-order valence-electron chi connectivity index (χ1n) is 4.46. The average molecular weight is 348 g/mol. The van der Waals surface area contributed by atoms with Crippen LogP contribution in [-0.4, -0.2) is 19.9 Å². The molecule has 5 heteroatoms. The molecule has 0 radical (unpaired) electrons. The first-order valence-corrected chi connectivity index (χ1v) is 8.57. The van der Waals surface area contributed by atoms with Crippen LogP contribution < -0.4 is 5.20 Å². The van der Waals surface area contributed by atoms with E-state index in [2.05, 4.69) is 43.0 Å². The Hall–Kier alpha value is -0.630. The summed E-state index contributed by atoms with van der Waals surface area (Å²) < 4.78 is 4.45. The molecule has 3 nitrogen and oxygen atoms in total. The molecule has 0 aliphatic heterocycles. The lowest BCUT2D eigenvalue weighted by molar-refractivity contribution is 0.240. The lowest BCUT2D eigenvalue weighted by Gasteiger charge is -1.91. The van der Waals surface area contributed by atoms with Crippen LogP contribution in [0.3, 0.4) is 0 Å². The van der Waals surface area contributed by atoms with Gasteiger partial charge in [-0.3, -0.25) is 5.20 Å². The fraction of sp³-hybridized carbons (Fsp3) is 0.182. The molecule has 0 bridgehead atoms. The molecule has 1 unspecified atom stereocenters. The Balaban J connectivity index is 0.000000385. The molecule has 0 spiro atoms. The summed E-state index contributed by atoms with van der Waals surface area (Å²) >= 11 is 2.23. The highest BCUT2D eigenvalue weighted by Gasteiger charge is 1.81. The molecule has 1 aromatic rings. The molecule has 0 saturated heterocycles. The van der Waals surface area contributed by atoms with Gasteiger partial charge in [0.2, 0.25) is 0 Å². The molecule has 0 aliphatic carbocycles. The predicted molar refractivity (Wildman–Crippen MR) is 80.2 cm³/mol. The monoisotopic (exact) mass is 348 g/mol. The van der Waals surface area contributed by atoms with Crippen LogP contribution in [0.4, 0.5) is 0 Å². The molecule has 0 saturated carbocycles. The maximum Gasteiger partial charge on any atom is 0.107 e. The summed E-state index contributed by atoms with van der Waals surface area (Å²) in [6.45, 7) is 0.417. The minimum Gasteiger partial charge on any atom is -0.372 e. The first kappa shape index (κ1) is 15.4. The molecule has 0 heterocycles. The molecule has 1 rings (SSSR count). The van der Waals surface area contributed by atoms with Crippen molar-refractivity contribution in [2.75, 3.05) is 13.7 Å². The molecule has 1 aromatic carbocycles. The number of benzene rings is 1. The maximum absolute atomic E-state index is 4.76. The molecule has 1 atom stereocenters. The van der Waals surface area contributed by atoms with Gasteiger partial charge in [0.25, 0.3) is 0 Å². The Labute approximate surface area is 111 Å². The number of methoxy groups -OCH3 is 1. The molecule has 0 fully saturated rings. The lowest BCUT2D eigenvalue weighted by Crippen LogP contribution is -1.87. The molecule has 0 aromatic heterocycles. The number of nitrogens with zero attached hydrogens (tertiary/aromatic N) is 1. The number of halogens is 1. The first-order chi connectivity index (χ1) is 7.85. The second-order valence-electron chi connectivity index (χ2n) is 2.51. The van der Waals surface area contributed by atoms with E-state index in [9.17, 15) is 0 Å². The van der Waals surface area contributed by atoms with Crippen molar-refractivity contribution >= 4 is 34.6 Å². The summed E-state index contributed by atoms with van der Waals surface area (Å²) in [5.41, 5.74) is 1.12. The molecular weight excluding hydrogens is 334 g/mol. The van der Waals surface area contributed by atoms with Gasteiger partial charge in [-0.05, 0) is 27.6 Å². The van der Waals surface area contributed by atoms with Crippen molar-refractivity contribution < 1.29 is 4.74 Å². The largest absolute Gasteiger partial charge is 0.372 e. The van der Waals surface area contributed by atoms with Gasteiger partial charge in [0.15, 0.2) is 0 Å². The van der Waals surface area contributed by atoms with Crippen molar-refractivity contribution in [3.63, 3.8) is 0 Å². The number of hydrogen-bond acceptors (Lipinski definition) is 3. The van der Waals surface area contributed by atoms with Crippen molar-refractivity contribution in [3.05, 3.63) is 35.9 Å². The Morgan fingerprint density at radius 1 is 1.56 bits per heavy atom. The molecule has 1 N–H and O–H groups in total. The van der Waals surface area contributed by atoms with Crippen molar-refractivity contribution in [2.24, 2.45) is 5.10 Å². The topological polar surface area (TPSA) is 33.6 Å². The van der Waals surface area contributed by atoms with Crippen molar-refractivity contribution in [1.29, 1.82) is 0 Å². The van der Waals surface area contributed by atoms with Gasteiger partial charge in [0.05, 0.1) is 12.6 Å². The van der Waals surface area contributed by atoms with Gasteiger partial charge in [-0.25, -0.2) is 0 Å². The van der Waals surface area contributed by atoms with E-state index in [1.165, 1.54) is 0 Å². The minimum atomic E-state index is 0.417. The highest BCUT2D eigenvalue weighted by molar-refractivity contribution is 14.2. The number of hydrazone groups is 1. The zero-order chi connectivity index (χ0) is 12.1. The quantitative estimate of drug-likeness (QED) is 0.299. The summed E-state index contributed by atoms with van der Waals surface area (Å²) in [6, 6.07) is 10.0. The Morgan fingerprint density at radius 3 is 2.69 bits per heavy atom. The van der Waals surface area contributed by atoms with Crippen LogP contribution in [0.5, 0.6) is 0 Å². The second-order valence-corrected chi connectivity index (χ2v) is 4.54. The van der Waals surface area contributed by atoms with Gasteiger partial charge in [-0.15, -0.1) is 6.42 Å². The number of rotatable bonds is 4. The van der Waals surface area contributed by atoms with Gasteiger partial charge in [0.1, 0.15) is 6.61 Å². The third kappa shape index (κ3) is 9.91. The number of nitrogens with one attached hydrogen (secondary N) is 1. The fourth-order valence-corrected chi connectivity index (χ4v) is 1.28. The molecule has 0 amide bonds. The summed E-state index contributed by atoms with van der Waals surface area (Å²) in [5.74, 6) is 2.30.